The maximum Gasteiger partial charge on any atom is 0.223 e. The molecule has 0 aliphatic carbocycles. The summed E-state index contributed by atoms with van der Waals surface area (Å²) >= 11 is 6.53. The van der Waals surface area contributed by atoms with Crippen LogP contribution >= 0.6 is 11.6 Å². The first-order chi connectivity index (χ1) is 16.5. The van der Waals surface area contributed by atoms with Crippen LogP contribution in [0.15, 0.2) is 46.9 Å². The van der Waals surface area contributed by atoms with Crippen molar-refractivity contribution in [3.05, 3.63) is 58.8 Å². The van der Waals surface area contributed by atoms with Crippen LogP contribution in [0.25, 0.3) is 11.3 Å². The zero-order valence-corrected chi connectivity index (χ0v) is 19.7. The van der Waals surface area contributed by atoms with Crippen LogP contribution in [0.5, 0.6) is 11.5 Å². The molecule has 2 aliphatic rings. The molecule has 1 saturated heterocycles. The summed E-state index contributed by atoms with van der Waals surface area (Å²) in [5, 5.41) is 13.4. The molecule has 178 valence electrons. The van der Waals surface area contributed by atoms with E-state index in [-0.39, 0.29) is 18.0 Å². The Hall–Kier alpha value is -3.36. The van der Waals surface area contributed by atoms with E-state index in [0.29, 0.717) is 53.1 Å². The van der Waals surface area contributed by atoms with Crippen molar-refractivity contribution in [1.82, 2.24) is 4.90 Å². The zero-order valence-electron chi connectivity index (χ0n) is 18.9. The Kier molecular flexibility index (Phi) is 6.02. The summed E-state index contributed by atoms with van der Waals surface area (Å²) in [5.74, 6) is 2.55. The third-order valence-electron chi connectivity index (χ3n) is 6.54. The van der Waals surface area contributed by atoms with E-state index in [1.165, 1.54) is 0 Å². The first-order valence-electron chi connectivity index (χ1n) is 11.1. The standard InChI is InChI=1S/C25H26ClN3O5/c1-32-21-12-15(26)25(33-2)23-18(29-11-5-8-22(29)30)13-17(27-24(21)23)20-10-9-19(34-20)14-6-3-4-7-16(14)28-31/h3-4,6-7,9-10,12,17-18,27-28,31H,5,8,11,13H2,1-2H3. The largest absolute Gasteiger partial charge is 0.495 e. The average molecular weight is 484 g/mol. The lowest BCUT2D eigenvalue weighted by molar-refractivity contribution is -0.130. The molecule has 1 fully saturated rings. The van der Waals surface area contributed by atoms with Gasteiger partial charge in [0.25, 0.3) is 0 Å². The Morgan fingerprint density at radius 2 is 2.03 bits per heavy atom. The molecule has 34 heavy (non-hydrogen) atoms. The molecule has 3 N–H and O–H groups in total. The van der Waals surface area contributed by atoms with Gasteiger partial charge in [0, 0.05) is 30.2 Å². The molecule has 2 atom stereocenters. The fourth-order valence-electron chi connectivity index (χ4n) is 4.99. The van der Waals surface area contributed by atoms with Crippen LogP contribution in [0.4, 0.5) is 11.4 Å². The summed E-state index contributed by atoms with van der Waals surface area (Å²) in [6.07, 6.45) is 1.92. The van der Waals surface area contributed by atoms with Crippen LogP contribution < -0.4 is 20.3 Å². The van der Waals surface area contributed by atoms with Crippen LogP contribution in [0.2, 0.25) is 5.02 Å². The molecule has 0 bridgehead atoms. The minimum absolute atomic E-state index is 0.112. The second-order valence-electron chi connectivity index (χ2n) is 8.38. The van der Waals surface area contributed by atoms with E-state index >= 15 is 0 Å². The van der Waals surface area contributed by atoms with Gasteiger partial charge in [-0.2, -0.15) is 0 Å². The third kappa shape index (κ3) is 3.73. The van der Waals surface area contributed by atoms with Gasteiger partial charge in [-0.05, 0) is 37.1 Å². The normalized spacial score (nSPS) is 19.5. The summed E-state index contributed by atoms with van der Waals surface area (Å²) in [6.45, 7) is 0.673. The second-order valence-corrected chi connectivity index (χ2v) is 8.79. The van der Waals surface area contributed by atoms with E-state index in [4.69, 9.17) is 25.5 Å². The molecule has 1 aromatic heterocycles. The lowest BCUT2D eigenvalue weighted by Gasteiger charge is -2.39. The lowest BCUT2D eigenvalue weighted by atomic mass is 9.89. The number of fused-ring (bicyclic) bond motifs is 1. The predicted molar refractivity (Wildman–Crippen MR) is 129 cm³/mol. The van der Waals surface area contributed by atoms with Gasteiger partial charge in [0.2, 0.25) is 5.91 Å². The van der Waals surface area contributed by atoms with Crippen LogP contribution in [0, 0.1) is 0 Å². The molecule has 9 heteroatoms. The lowest BCUT2D eigenvalue weighted by Crippen LogP contribution is -2.35. The number of para-hydroxylation sites is 1. The topological polar surface area (TPSA) is 96.2 Å². The Bertz CT molecular complexity index is 1230. The van der Waals surface area contributed by atoms with Crippen molar-refractivity contribution in [1.29, 1.82) is 0 Å². The Morgan fingerprint density at radius 3 is 2.74 bits per heavy atom. The van der Waals surface area contributed by atoms with Gasteiger partial charge >= 0.3 is 0 Å². The van der Waals surface area contributed by atoms with E-state index < -0.39 is 0 Å². The van der Waals surface area contributed by atoms with Crippen LogP contribution in [-0.4, -0.2) is 36.8 Å². The maximum atomic E-state index is 12.8. The van der Waals surface area contributed by atoms with Crippen LogP contribution in [0.3, 0.4) is 0 Å². The highest BCUT2D eigenvalue weighted by atomic mass is 35.5. The number of carbonyl (C=O) groups is 1. The number of ether oxygens (including phenoxy) is 2. The van der Waals surface area contributed by atoms with Crippen molar-refractivity contribution in [3.63, 3.8) is 0 Å². The fraction of sp³-hybridized carbons (Fsp3) is 0.320. The number of nitrogens with zero attached hydrogens (tertiary/aromatic N) is 1. The van der Waals surface area contributed by atoms with Crippen molar-refractivity contribution in [2.24, 2.45) is 0 Å². The predicted octanol–water partition coefficient (Wildman–Crippen LogP) is 5.64. The van der Waals surface area contributed by atoms with Crippen molar-refractivity contribution in [2.45, 2.75) is 31.3 Å². The van der Waals surface area contributed by atoms with E-state index in [1.807, 2.05) is 35.2 Å². The molecular formula is C25H26ClN3O5. The van der Waals surface area contributed by atoms with Crippen LogP contribution in [-0.2, 0) is 4.79 Å². The van der Waals surface area contributed by atoms with E-state index in [9.17, 15) is 10.0 Å². The van der Waals surface area contributed by atoms with Gasteiger partial charge in [0.1, 0.15) is 23.0 Å². The molecule has 8 nitrogen and oxygen atoms in total. The molecule has 0 saturated carbocycles. The molecule has 3 heterocycles. The maximum absolute atomic E-state index is 12.8. The molecule has 1 amide bonds. The number of benzene rings is 2. The number of amides is 1. The van der Waals surface area contributed by atoms with E-state index in [2.05, 4.69) is 10.8 Å². The number of rotatable bonds is 6. The SMILES string of the molecule is COc1cc(Cl)c(OC)c2c1NC(c1ccc(-c3ccccc3NO)o1)CC2N1CCCC1=O. The average Bonchev–Trinajstić information content (AvgIpc) is 3.52. The van der Waals surface area contributed by atoms with Gasteiger partial charge in [0.15, 0.2) is 0 Å². The van der Waals surface area contributed by atoms with Crippen molar-refractivity contribution in [2.75, 3.05) is 31.6 Å². The summed E-state index contributed by atoms with van der Waals surface area (Å²) in [4.78, 5) is 14.7. The molecule has 0 spiro atoms. The number of nitrogens with one attached hydrogen (secondary N) is 2. The molecule has 0 radical (unpaired) electrons. The molecular weight excluding hydrogens is 458 g/mol. The van der Waals surface area contributed by atoms with Crippen molar-refractivity contribution in [3.8, 4) is 22.8 Å². The minimum atomic E-state index is -0.251. The number of anilines is 2. The quantitative estimate of drug-likeness (QED) is 0.390. The van der Waals surface area contributed by atoms with Gasteiger partial charge in [-0.3, -0.25) is 15.5 Å². The number of hydrogen-bond acceptors (Lipinski definition) is 7. The summed E-state index contributed by atoms with van der Waals surface area (Å²) in [5.41, 5.74) is 5.06. The summed E-state index contributed by atoms with van der Waals surface area (Å²) in [6, 6.07) is 12.4. The fourth-order valence-corrected chi connectivity index (χ4v) is 5.26. The van der Waals surface area contributed by atoms with Gasteiger partial charge in [0.05, 0.1) is 42.7 Å². The molecule has 2 aromatic carbocycles. The van der Waals surface area contributed by atoms with Gasteiger partial charge in [-0.25, -0.2) is 0 Å². The smallest absolute Gasteiger partial charge is 0.223 e. The molecule has 3 aromatic rings. The Labute approximate surface area is 202 Å². The zero-order chi connectivity index (χ0) is 23.8. The van der Waals surface area contributed by atoms with Crippen LogP contribution in [0.1, 0.15) is 42.7 Å². The Balaban J connectivity index is 1.59. The number of carbonyl (C=O) groups excluding carboxylic acids is 1. The first kappa shape index (κ1) is 22.4. The minimum Gasteiger partial charge on any atom is -0.495 e. The summed E-state index contributed by atoms with van der Waals surface area (Å²) < 4.78 is 17.6. The van der Waals surface area contributed by atoms with Gasteiger partial charge in [-0.15, -0.1) is 0 Å². The number of methoxy groups -OCH3 is 2. The monoisotopic (exact) mass is 483 g/mol. The molecule has 5 rings (SSSR count). The Morgan fingerprint density at radius 1 is 1.21 bits per heavy atom. The first-order valence-corrected chi connectivity index (χ1v) is 11.5. The highest BCUT2D eigenvalue weighted by molar-refractivity contribution is 6.32. The third-order valence-corrected chi connectivity index (χ3v) is 6.82. The highest BCUT2D eigenvalue weighted by Gasteiger charge is 2.40. The second kappa shape index (κ2) is 9.12. The number of halogens is 1. The summed E-state index contributed by atoms with van der Waals surface area (Å²) in [7, 11) is 3.16. The van der Waals surface area contributed by atoms with Gasteiger partial charge in [-0.1, -0.05) is 23.7 Å². The van der Waals surface area contributed by atoms with Gasteiger partial charge < -0.3 is 24.1 Å². The van der Waals surface area contributed by atoms with E-state index in [0.717, 1.165) is 23.2 Å². The number of hydrogen-bond donors (Lipinski definition) is 3. The molecule has 2 aliphatic heterocycles. The number of likely N-dealkylation sites (tertiary alicyclic amines) is 1. The van der Waals surface area contributed by atoms with Crippen molar-refractivity contribution >= 4 is 28.9 Å². The highest BCUT2D eigenvalue weighted by Crippen LogP contribution is 2.53. The van der Waals surface area contributed by atoms with E-state index in [1.54, 1.807) is 26.4 Å². The number of furan rings is 1. The molecule has 2 unspecified atom stereocenters. The van der Waals surface area contributed by atoms with Crippen molar-refractivity contribution < 1.29 is 23.9 Å².